The Labute approximate surface area is 129 Å². The molecule has 2 rings (SSSR count). The first-order chi connectivity index (χ1) is 10.7. The van der Waals surface area contributed by atoms with Gasteiger partial charge in [-0.2, -0.15) is 0 Å². The Hall–Kier alpha value is -2.56. The predicted molar refractivity (Wildman–Crippen MR) is 85.0 cm³/mol. The average Bonchev–Trinajstić information content (AvgIpc) is 2.52. The quantitative estimate of drug-likeness (QED) is 0.845. The van der Waals surface area contributed by atoms with Crippen LogP contribution in [0.15, 0.2) is 53.5 Å². The lowest BCUT2D eigenvalue weighted by atomic mass is 10.1. The van der Waals surface area contributed by atoms with Gasteiger partial charge in [0, 0.05) is 12.7 Å². The van der Waals surface area contributed by atoms with Crippen LogP contribution in [-0.4, -0.2) is 23.6 Å². The number of amides is 1. The van der Waals surface area contributed by atoms with Crippen LogP contribution in [0.1, 0.15) is 12.5 Å². The molecule has 0 saturated heterocycles. The van der Waals surface area contributed by atoms with E-state index in [1.165, 1.54) is 10.1 Å². The number of carbonyl (C=O) groups is 1. The lowest BCUT2D eigenvalue weighted by Crippen LogP contribution is -2.33. The molecule has 0 bridgehead atoms. The number of benzene rings is 1. The average molecular weight is 300 g/mol. The maximum absolute atomic E-state index is 12.0. The van der Waals surface area contributed by atoms with Crippen LogP contribution in [0.4, 0.5) is 0 Å². The molecular formula is C17H20N2O3. The molecule has 0 atom stereocenters. The molecule has 22 heavy (non-hydrogen) atoms. The highest BCUT2D eigenvalue weighted by Crippen LogP contribution is 2.01. The lowest BCUT2D eigenvalue weighted by Gasteiger charge is -2.09. The number of rotatable bonds is 7. The Kier molecular flexibility index (Phi) is 5.77. The highest BCUT2D eigenvalue weighted by atomic mass is 16.5. The van der Waals surface area contributed by atoms with Gasteiger partial charge in [-0.25, -0.2) is 0 Å². The van der Waals surface area contributed by atoms with Crippen LogP contribution in [0.3, 0.4) is 0 Å². The van der Waals surface area contributed by atoms with Crippen molar-refractivity contribution in [3.05, 3.63) is 64.6 Å². The van der Waals surface area contributed by atoms with E-state index in [4.69, 9.17) is 4.74 Å². The van der Waals surface area contributed by atoms with E-state index in [2.05, 4.69) is 5.32 Å². The summed E-state index contributed by atoms with van der Waals surface area (Å²) in [5.74, 6) is 0.0776. The van der Waals surface area contributed by atoms with Gasteiger partial charge in [0.2, 0.25) is 5.91 Å². The standard InChI is InChI=1S/C17H20N2O3/c1-2-22-15-9-6-12-19(17(15)21)13-16(20)18-11-10-14-7-4-3-5-8-14/h3-9,12H,2,10-11,13H2,1H3,(H,18,20). The summed E-state index contributed by atoms with van der Waals surface area (Å²) in [5, 5.41) is 2.82. The van der Waals surface area contributed by atoms with E-state index in [1.54, 1.807) is 18.3 Å². The molecule has 1 N–H and O–H groups in total. The fourth-order valence-electron chi connectivity index (χ4n) is 2.11. The molecule has 116 valence electrons. The molecule has 2 aromatic rings. The highest BCUT2D eigenvalue weighted by molar-refractivity contribution is 5.75. The number of hydrogen-bond acceptors (Lipinski definition) is 3. The number of nitrogens with one attached hydrogen (secondary N) is 1. The van der Waals surface area contributed by atoms with Crippen LogP contribution >= 0.6 is 0 Å². The molecular weight excluding hydrogens is 280 g/mol. The fourth-order valence-corrected chi connectivity index (χ4v) is 2.11. The lowest BCUT2D eigenvalue weighted by molar-refractivity contribution is -0.121. The second kappa shape index (κ2) is 8.02. The van der Waals surface area contributed by atoms with Crippen LogP contribution < -0.4 is 15.6 Å². The highest BCUT2D eigenvalue weighted by Gasteiger charge is 2.07. The summed E-state index contributed by atoms with van der Waals surface area (Å²) in [7, 11) is 0. The molecule has 0 aliphatic rings. The van der Waals surface area contributed by atoms with Gasteiger partial charge in [0.05, 0.1) is 6.61 Å². The number of hydrogen-bond donors (Lipinski definition) is 1. The first-order valence-electron chi connectivity index (χ1n) is 7.33. The topological polar surface area (TPSA) is 60.3 Å². The third-order valence-electron chi connectivity index (χ3n) is 3.18. The normalized spacial score (nSPS) is 10.2. The zero-order chi connectivity index (χ0) is 15.8. The molecule has 1 heterocycles. The van der Waals surface area contributed by atoms with Gasteiger partial charge in [0.25, 0.3) is 5.56 Å². The zero-order valence-electron chi connectivity index (χ0n) is 12.6. The maximum Gasteiger partial charge on any atom is 0.293 e. The van der Waals surface area contributed by atoms with Gasteiger partial charge in [0.1, 0.15) is 6.54 Å². The Morgan fingerprint density at radius 2 is 1.95 bits per heavy atom. The first-order valence-corrected chi connectivity index (χ1v) is 7.33. The maximum atomic E-state index is 12.0. The van der Waals surface area contributed by atoms with Gasteiger partial charge < -0.3 is 14.6 Å². The summed E-state index contributed by atoms with van der Waals surface area (Å²) in [4.78, 5) is 24.0. The Balaban J connectivity index is 1.87. The number of aromatic nitrogens is 1. The van der Waals surface area contributed by atoms with Crippen LogP contribution in [0, 0.1) is 0 Å². The minimum Gasteiger partial charge on any atom is -0.488 e. The number of nitrogens with zero attached hydrogens (tertiary/aromatic N) is 1. The first kappa shape index (κ1) is 15.8. The Morgan fingerprint density at radius 3 is 2.68 bits per heavy atom. The Bertz CT molecular complexity index is 665. The van der Waals surface area contributed by atoms with Gasteiger partial charge in [-0.05, 0) is 31.0 Å². The van der Waals surface area contributed by atoms with Crippen molar-refractivity contribution in [2.24, 2.45) is 0 Å². The van der Waals surface area contributed by atoms with Crippen LogP contribution in [0.2, 0.25) is 0 Å². The van der Waals surface area contributed by atoms with E-state index < -0.39 is 0 Å². The van der Waals surface area contributed by atoms with Crippen molar-refractivity contribution in [2.75, 3.05) is 13.2 Å². The van der Waals surface area contributed by atoms with E-state index in [0.29, 0.717) is 13.2 Å². The summed E-state index contributed by atoms with van der Waals surface area (Å²) in [5.41, 5.74) is 0.876. The molecule has 0 aliphatic carbocycles. The summed E-state index contributed by atoms with van der Waals surface area (Å²) < 4.78 is 6.58. The van der Waals surface area contributed by atoms with Crippen molar-refractivity contribution < 1.29 is 9.53 Å². The van der Waals surface area contributed by atoms with Gasteiger partial charge in [-0.3, -0.25) is 9.59 Å². The van der Waals surface area contributed by atoms with E-state index in [0.717, 1.165) is 6.42 Å². The Morgan fingerprint density at radius 1 is 1.18 bits per heavy atom. The molecule has 1 aromatic carbocycles. The number of ether oxygens (including phenoxy) is 1. The summed E-state index contributed by atoms with van der Waals surface area (Å²) >= 11 is 0. The van der Waals surface area contributed by atoms with Gasteiger partial charge >= 0.3 is 0 Å². The van der Waals surface area contributed by atoms with Crippen molar-refractivity contribution in [3.63, 3.8) is 0 Å². The molecule has 5 heteroatoms. The van der Waals surface area contributed by atoms with Crippen LogP contribution in [-0.2, 0) is 17.8 Å². The third-order valence-corrected chi connectivity index (χ3v) is 3.18. The van der Waals surface area contributed by atoms with E-state index >= 15 is 0 Å². The van der Waals surface area contributed by atoms with Crippen LogP contribution in [0.5, 0.6) is 5.75 Å². The summed E-state index contributed by atoms with van der Waals surface area (Å²) in [6, 6.07) is 13.2. The van der Waals surface area contributed by atoms with Gasteiger partial charge in [0.15, 0.2) is 5.75 Å². The fraction of sp³-hybridized carbons (Fsp3) is 0.294. The van der Waals surface area contributed by atoms with E-state index in [-0.39, 0.29) is 23.8 Å². The zero-order valence-corrected chi connectivity index (χ0v) is 12.6. The molecule has 0 unspecified atom stereocenters. The smallest absolute Gasteiger partial charge is 0.293 e. The predicted octanol–water partition coefficient (Wildman–Crippen LogP) is 1.61. The third kappa shape index (κ3) is 4.48. The minimum absolute atomic E-state index is 0.00542. The monoisotopic (exact) mass is 300 g/mol. The van der Waals surface area contributed by atoms with E-state index in [1.807, 2.05) is 37.3 Å². The van der Waals surface area contributed by atoms with Crippen molar-refractivity contribution in [3.8, 4) is 5.75 Å². The molecule has 0 fully saturated rings. The summed E-state index contributed by atoms with van der Waals surface area (Å²) in [6.07, 6.45) is 2.35. The molecule has 0 saturated carbocycles. The molecule has 1 amide bonds. The molecule has 0 spiro atoms. The van der Waals surface area contributed by atoms with Crippen LogP contribution in [0.25, 0.3) is 0 Å². The number of pyridine rings is 1. The summed E-state index contributed by atoms with van der Waals surface area (Å²) in [6.45, 7) is 2.77. The molecule has 0 radical (unpaired) electrons. The second-order valence-electron chi connectivity index (χ2n) is 4.82. The van der Waals surface area contributed by atoms with Crippen molar-refractivity contribution in [1.29, 1.82) is 0 Å². The minimum atomic E-state index is -0.289. The van der Waals surface area contributed by atoms with Gasteiger partial charge in [-0.15, -0.1) is 0 Å². The second-order valence-corrected chi connectivity index (χ2v) is 4.82. The molecule has 1 aromatic heterocycles. The SMILES string of the molecule is CCOc1cccn(CC(=O)NCCc2ccccc2)c1=O. The largest absolute Gasteiger partial charge is 0.488 e. The van der Waals surface area contributed by atoms with Crippen molar-refractivity contribution >= 4 is 5.91 Å². The van der Waals surface area contributed by atoms with Crippen molar-refractivity contribution in [2.45, 2.75) is 19.9 Å². The van der Waals surface area contributed by atoms with E-state index in [9.17, 15) is 9.59 Å². The van der Waals surface area contributed by atoms with Crippen molar-refractivity contribution in [1.82, 2.24) is 9.88 Å². The molecule has 5 nitrogen and oxygen atoms in total. The number of carbonyl (C=O) groups excluding carboxylic acids is 1. The molecule has 0 aliphatic heterocycles. The van der Waals surface area contributed by atoms with Gasteiger partial charge in [-0.1, -0.05) is 30.3 Å².